The number of hydrogen-bond acceptors (Lipinski definition) is 6. The summed E-state index contributed by atoms with van der Waals surface area (Å²) < 4.78 is 4.68. The van der Waals surface area contributed by atoms with Crippen molar-refractivity contribution < 1.29 is 23.9 Å². The van der Waals surface area contributed by atoms with Gasteiger partial charge in [0.25, 0.3) is 5.91 Å². The summed E-state index contributed by atoms with van der Waals surface area (Å²) in [6, 6.07) is 6.63. The third-order valence-electron chi connectivity index (χ3n) is 3.44. The molecular formula is C17H23N3O5. The lowest BCUT2D eigenvalue weighted by Crippen LogP contribution is -2.46. The van der Waals surface area contributed by atoms with Crippen LogP contribution in [0.25, 0.3) is 0 Å². The fraction of sp³-hybridized carbons (Fsp3) is 0.412. The molecule has 1 aromatic carbocycles. The molecule has 8 nitrogen and oxygen atoms in total. The van der Waals surface area contributed by atoms with Crippen LogP contribution < -0.4 is 16.4 Å². The van der Waals surface area contributed by atoms with Crippen molar-refractivity contribution in [3.05, 3.63) is 35.9 Å². The van der Waals surface area contributed by atoms with Gasteiger partial charge in [0.1, 0.15) is 0 Å². The number of ketones is 1. The quantitative estimate of drug-likeness (QED) is 0.419. The second-order valence-electron chi connectivity index (χ2n) is 5.38. The molecule has 1 unspecified atom stereocenters. The zero-order valence-corrected chi connectivity index (χ0v) is 14.3. The minimum atomic E-state index is -1.01. The Morgan fingerprint density at radius 1 is 1.16 bits per heavy atom. The Hall–Kier alpha value is -2.74. The number of carbonyl (C=O) groups excluding carboxylic acids is 4. The van der Waals surface area contributed by atoms with Gasteiger partial charge in [-0.05, 0) is 12.0 Å². The first-order valence-electron chi connectivity index (χ1n) is 7.90. The van der Waals surface area contributed by atoms with Crippen LogP contribution in [0.4, 0.5) is 0 Å². The van der Waals surface area contributed by atoms with Crippen molar-refractivity contribution in [3.63, 3.8) is 0 Å². The van der Waals surface area contributed by atoms with Crippen LogP contribution in [0.1, 0.15) is 31.4 Å². The van der Waals surface area contributed by atoms with Gasteiger partial charge in [-0.2, -0.15) is 0 Å². The molecule has 25 heavy (non-hydrogen) atoms. The molecule has 0 aromatic heterocycles. The normalized spacial score (nSPS) is 12.6. The molecule has 0 fully saturated rings. The van der Waals surface area contributed by atoms with E-state index in [4.69, 9.17) is 5.73 Å². The molecule has 0 spiro atoms. The second-order valence-corrected chi connectivity index (χ2v) is 5.38. The van der Waals surface area contributed by atoms with Crippen LogP contribution in [0, 0.1) is 0 Å². The minimum absolute atomic E-state index is 0.386. The monoisotopic (exact) mass is 349 g/mol. The van der Waals surface area contributed by atoms with E-state index in [1.54, 1.807) is 30.3 Å². The van der Waals surface area contributed by atoms with E-state index in [1.807, 2.05) is 6.92 Å². The smallest absolute Gasteiger partial charge is 0.333 e. The second kappa shape index (κ2) is 10.2. The average molecular weight is 349 g/mol. The molecule has 0 bridgehead atoms. The molecule has 0 saturated heterocycles. The lowest BCUT2D eigenvalue weighted by Gasteiger charge is -2.17. The maximum atomic E-state index is 12.0. The van der Waals surface area contributed by atoms with E-state index >= 15 is 0 Å². The molecule has 4 N–H and O–H groups in total. The number of methoxy groups -OCH3 is 1. The number of rotatable bonds is 9. The van der Waals surface area contributed by atoms with E-state index in [-0.39, 0.29) is 0 Å². The number of carbonyl (C=O) groups is 4. The molecule has 0 aliphatic heterocycles. The summed E-state index contributed by atoms with van der Waals surface area (Å²) in [5.41, 5.74) is 6.11. The van der Waals surface area contributed by atoms with Crippen molar-refractivity contribution in [2.75, 3.05) is 13.7 Å². The van der Waals surface area contributed by atoms with Gasteiger partial charge in [0.2, 0.25) is 11.7 Å². The van der Waals surface area contributed by atoms with Crippen molar-refractivity contribution in [2.24, 2.45) is 5.73 Å². The first kappa shape index (κ1) is 20.3. The summed E-state index contributed by atoms with van der Waals surface area (Å²) in [6.45, 7) is 1.39. The first-order chi connectivity index (χ1) is 11.9. The van der Waals surface area contributed by atoms with Gasteiger partial charge in [-0.25, -0.2) is 4.79 Å². The van der Waals surface area contributed by atoms with E-state index in [0.717, 1.165) is 0 Å². The van der Waals surface area contributed by atoms with Crippen molar-refractivity contribution in [2.45, 2.75) is 31.8 Å². The summed E-state index contributed by atoms with van der Waals surface area (Å²) in [5, 5.41) is 4.66. The number of benzene rings is 1. The molecule has 136 valence electrons. The number of amides is 2. The van der Waals surface area contributed by atoms with Crippen molar-refractivity contribution in [1.82, 2.24) is 10.6 Å². The highest BCUT2D eigenvalue weighted by molar-refractivity contribution is 6.38. The fourth-order valence-corrected chi connectivity index (χ4v) is 2.11. The Morgan fingerprint density at radius 3 is 2.36 bits per heavy atom. The summed E-state index contributed by atoms with van der Waals surface area (Å²) in [6.07, 6.45) is 1.05. The molecule has 0 heterocycles. The fourth-order valence-electron chi connectivity index (χ4n) is 2.11. The maximum Gasteiger partial charge on any atom is 0.333 e. The molecule has 8 heteroatoms. The maximum absolute atomic E-state index is 12.0. The summed E-state index contributed by atoms with van der Waals surface area (Å²) in [4.78, 5) is 47.3. The van der Waals surface area contributed by atoms with Crippen LogP contribution in [-0.4, -0.2) is 43.3 Å². The number of hydrogen-bond donors (Lipinski definition) is 3. The molecule has 2 atom stereocenters. The van der Waals surface area contributed by atoms with Crippen LogP contribution in [0.5, 0.6) is 0 Å². The molecule has 0 aliphatic carbocycles. The molecule has 1 aromatic rings. The Bertz CT molecular complexity index is 618. The number of nitrogens with one attached hydrogen (secondary N) is 2. The largest absolute Gasteiger partial charge is 0.467 e. The highest BCUT2D eigenvalue weighted by Gasteiger charge is 2.25. The third kappa shape index (κ3) is 6.34. The SMILES string of the molecule is CCCC(N)C(=O)C(=O)NCC(=O)N[C@H](C(=O)OC)c1ccccc1. The summed E-state index contributed by atoms with van der Waals surface area (Å²) in [7, 11) is 1.21. The molecular weight excluding hydrogens is 326 g/mol. The Labute approximate surface area is 146 Å². The predicted octanol–water partition coefficient (Wildman–Crippen LogP) is -0.170. The molecule has 0 aliphatic rings. The zero-order valence-electron chi connectivity index (χ0n) is 14.3. The standard InChI is InChI=1S/C17H23N3O5/c1-3-7-12(18)15(22)16(23)19-10-13(21)20-14(17(24)25-2)11-8-5-4-6-9-11/h4-6,8-9,12,14H,3,7,10,18H2,1-2H3,(H,19,23)(H,20,21)/t12?,14-/m0/s1. The average Bonchev–Trinajstić information content (AvgIpc) is 2.63. The van der Waals surface area contributed by atoms with Gasteiger partial charge in [0.15, 0.2) is 6.04 Å². The summed E-state index contributed by atoms with van der Waals surface area (Å²) >= 11 is 0. The van der Waals surface area contributed by atoms with Gasteiger partial charge in [-0.1, -0.05) is 43.7 Å². The highest BCUT2D eigenvalue weighted by Crippen LogP contribution is 2.13. The van der Waals surface area contributed by atoms with Gasteiger partial charge in [0.05, 0.1) is 19.7 Å². The van der Waals surface area contributed by atoms with Gasteiger partial charge in [-0.3, -0.25) is 14.4 Å². The number of nitrogens with two attached hydrogens (primary N) is 1. The van der Waals surface area contributed by atoms with Crippen molar-refractivity contribution in [3.8, 4) is 0 Å². The number of esters is 1. The van der Waals surface area contributed by atoms with Gasteiger partial charge in [0, 0.05) is 0 Å². The Balaban J connectivity index is 2.62. The van der Waals surface area contributed by atoms with Crippen LogP contribution in [0.2, 0.25) is 0 Å². The summed E-state index contributed by atoms with van der Waals surface area (Å²) in [5.74, 6) is -2.98. The van der Waals surface area contributed by atoms with Crippen molar-refractivity contribution >= 4 is 23.6 Å². The predicted molar refractivity (Wildman–Crippen MR) is 90.2 cm³/mol. The van der Waals surface area contributed by atoms with Crippen molar-refractivity contribution in [1.29, 1.82) is 0 Å². The van der Waals surface area contributed by atoms with Gasteiger partial charge < -0.3 is 21.1 Å². The molecule has 1 rings (SSSR count). The van der Waals surface area contributed by atoms with Gasteiger partial charge >= 0.3 is 5.97 Å². The zero-order chi connectivity index (χ0) is 18.8. The van der Waals surface area contributed by atoms with Crippen LogP contribution in [-0.2, 0) is 23.9 Å². The van der Waals surface area contributed by atoms with Gasteiger partial charge in [-0.15, -0.1) is 0 Å². The molecule has 2 amide bonds. The third-order valence-corrected chi connectivity index (χ3v) is 3.44. The lowest BCUT2D eigenvalue weighted by atomic mass is 10.1. The Kier molecular flexibility index (Phi) is 8.28. The number of Topliss-reactive ketones (excluding diaryl/α,β-unsaturated/α-hetero) is 1. The number of ether oxygens (including phenoxy) is 1. The molecule has 0 radical (unpaired) electrons. The van der Waals surface area contributed by atoms with E-state index in [1.165, 1.54) is 7.11 Å². The first-order valence-corrected chi connectivity index (χ1v) is 7.90. The van der Waals surface area contributed by atoms with E-state index in [9.17, 15) is 19.2 Å². The van der Waals surface area contributed by atoms with Crippen LogP contribution >= 0.6 is 0 Å². The topological polar surface area (TPSA) is 128 Å². The van der Waals surface area contributed by atoms with E-state index in [2.05, 4.69) is 15.4 Å². The molecule has 0 saturated carbocycles. The van der Waals surface area contributed by atoms with E-state index in [0.29, 0.717) is 18.4 Å². The van der Waals surface area contributed by atoms with Crippen LogP contribution in [0.15, 0.2) is 30.3 Å². The Morgan fingerprint density at radius 2 is 1.80 bits per heavy atom. The lowest BCUT2D eigenvalue weighted by molar-refractivity contribution is -0.145. The van der Waals surface area contributed by atoms with Crippen LogP contribution in [0.3, 0.4) is 0 Å². The highest BCUT2D eigenvalue weighted by atomic mass is 16.5. The van der Waals surface area contributed by atoms with E-state index < -0.39 is 42.2 Å². The minimum Gasteiger partial charge on any atom is -0.467 e.